The van der Waals surface area contributed by atoms with Crippen LogP contribution in [0.25, 0.3) is 11.1 Å². The van der Waals surface area contributed by atoms with E-state index in [0.717, 1.165) is 0 Å². The number of carbonyl (C=O) groups is 1. The molecule has 2 rings (SSSR count). The molecule has 2 aromatic rings. The summed E-state index contributed by atoms with van der Waals surface area (Å²) in [4.78, 5) is 14.2. The van der Waals surface area contributed by atoms with E-state index in [1.54, 1.807) is 13.0 Å². The van der Waals surface area contributed by atoms with Crippen LogP contribution in [-0.4, -0.2) is 22.7 Å². The van der Waals surface area contributed by atoms with Gasteiger partial charge in [-0.2, -0.15) is 0 Å². The molecule has 15 heavy (non-hydrogen) atoms. The van der Waals surface area contributed by atoms with E-state index in [2.05, 4.69) is 4.98 Å². The molecule has 0 aliphatic carbocycles. The second-order valence-corrected chi connectivity index (χ2v) is 3.06. The Balaban J connectivity index is 2.38. The number of nitrogens with one attached hydrogen (secondary N) is 1. The first-order chi connectivity index (χ1) is 7.26. The number of furan rings is 1. The molecule has 0 radical (unpaired) electrons. The fourth-order valence-electron chi connectivity index (χ4n) is 1.40. The number of fused-ring (bicyclic) bond motifs is 1. The molecule has 0 bridgehead atoms. The molecule has 2 N–H and O–H groups in total. The second kappa shape index (κ2) is 3.78. The van der Waals surface area contributed by atoms with Crippen molar-refractivity contribution in [3.63, 3.8) is 0 Å². The fraction of sp³-hybridized carbons (Fsp3) is 0.300. The molecule has 0 saturated carbocycles. The molecule has 0 aromatic carbocycles. The molecule has 2 heterocycles. The van der Waals surface area contributed by atoms with Crippen molar-refractivity contribution in [2.45, 2.75) is 13.5 Å². The Morgan fingerprint density at radius 2 is 2.47 bits per heavy atom. The molecule has 0 saturated heterocycles. The van der Waals surface area contributed by atoms with Gasteiger partial charge in [0.2, 0.25) is 0 Å². The van der Waals surface area contributed by atoms with Crippen LogP contribution in [0.5, 0.6) is 0 Å². The summed E-state index contributed by atoms with van der Waals surface area (Å²) in [7, 11) is 0. The highest BCUT2D eigenvalue weighted by molar-refractivity contribution is 5.93. The second-order valence-electron chi connectivity index (χ2n) is 3.06. The van der Waals surface area contributed by atoms with Gasteiger partial charge in [0.25, 0.3) is 0 Å². The topological polar surface area (TPSA) is 75.5 Å². The van der Waals surface area contributed by atoms with Gasteiger partial charge in [0.05, 0.1) is 25.0 Å². The van der Waals surface area contributed by atoms with E-state index < -0.39 is 5.97 Å². The third-order valence-electron chi connectivity index (χ3n) is 2.10. The predicted molar refractivity (Wildman–Crippen MR) is 52.4 cm³/mol. The molecular weight excluding hydrogens is 198 g/mol. The summed E-state index contributed by atoms with van der Waals surface area (Å²) in [6.45, 7) is 1.94. The Bertz CT molecular complexity index is 483. The molecule has 0 aliphatic rings. The van der Waals surface area contributed by atoms with Gasteiger partial charge in [-0.15, -0.1) is 0 Å². The number of aromatic amines is 1. The van der Waals surface area contributed by atoms with Crippen LogP contribution in [0.3, 0.4) is 0 Å². The molecule has 80 valence electrons. The standard InChI is InChI=1S/C10H11NO4/c1-2-14-10(13)7-3-8-9(11-7)6(4-12)5-15-8/h3,5,11-12H,2,4H2,1H3. The van der Waals surface area contributed by atoms with E-state index in [9.17, 15) is 4.79 Å². The Labute approximate surface area is 85.6 Å². The number of ether oxygens (including phenoxy) is 1. The van der Waals surface area contributed by atoms with Crippen molar-refractivity contribution in [3.05, 3.63) is 23.6 Å². The minimum Gasteiger partial charge on any atom is -0.462 e. The predicted octanol–water partition coefficient (Wildman–Crippen LogP) is 1.43. The van der Waals surface area contributed by atoms with Crippen molar-refractivity contribution in [1.29, 1.82) is 0 Å². The van der Waals surface area contributed by atoms with Crippen molar-refractivity contribution in [2.24, 2.45) is 0 Å². The number of esters is 1. The first-order valence-corrected chi connectivity index (χ1v) is 4.63. The summed E-state index contributed by atoms with van der Waals surface area (Å²) in [5.41, 5.74) is 2.14. The van der Waals surface area contributed by atoms with Crippen LogP contribution in [0.15, 0.2) is 16.7 Å². The van der Waals surface area contributed by atoms with Gasteiger partial charge >= 0.3 is 5.97 Å². The van der Waals surface area contributed by atoms with Crippen molar-refractivity contribution in [1.82, 2.24) is 4.98 Å². The smallest absolute Gasteiger partial charge is 0.354 e. The first-order valence-electron chi connectivity index (χ1n) is 4.63. The highest BCUT2D eigenvalue weighted by atomic mass is 16.5. The van der Waals surface area contributed by atoms with Crippen LogP contribution in [0, 0.1) is 0 Å². The number of aromatic nitrogens is 1. The van der Waals surface area contributed by atoms with Gasteiger partial charge < -0.3 is 19.2 Å². The average Bonchev–Trinajstić information content (AvgIpc) is 2.76. The van der Waals surface area contributed by atoms with Crippen LogP contribution in [-0.2, 0) is 11.3 Å². The molecule has 0 unspecified atom stereocenters. The SMILES string of the molecule is CCOC(=O)c1cc2occ(CO)c2[nH]1. The van der Waals surface area contributed by atoms with Gasteiger partial charge in [-0.25, -0.2) is 4.79 Å². The van der Waals surface area contributed by atoms with Gasteiger partial charge in [-0.05, 0) is 6.92 Å². The van der Waals surface area contributed by atoms with E-state index >= 15 is 0 Å². The summed E-state index contributed by atoms with van der Waals surface area (Å²) in [6, 6.07) is 1.56. The van der Waals surface area contributed by atoms with Gasteiger partial charge in [-0.1, -0.05) is 0 Å². The van der Waals surface area contributed by atoms with Gasteiger partial charge in [0, 0.05) is 11.6 Å². The first kappa shape index (κ1) is 9.79. The number of aliphatic hydroxyl groups is 1. The van der Waals surface area contributed by atoms with Crippen LogP contribution < -0.4 is 0 Å². The molecular formula is C10H11NO4. The Hall–Kier alpha value is -1.75. The maximum atomic E-state index is 11.4. The number of carbonyl (C=O) groups excluding carboxylic acids is 1. The number of aliphatic hydroxyl groups excluding tert-OH is 1. The number of hydrogen-bond acceptors (Lipinski definition) is 4. The van der Waals surface area contributed by atoms with Crippen molar-refractivity contribution < 1.29 is 19.1 Å². The number of hydrogen-bond donors (Lipinski definition) is 2. The van der Waals surface area contributed by atoms with E-state index in [1.165, 1.54) is 6.26 Å². The fourth-order valence-corrected chi connectivity index (χ4v) is 1.40. The monoisotopic (exact) mass is 209 g/mol. The zero-order valence-corrected chi connectivity index (χ0v) is 8.24. The average molecular weight is 209 g/mol. The maximum absolute atomic E-state index is 11.4. The molecule has 0 aliphatic heterocycles. The lowest BCUT2D eigenvalue weighted by Crippen LogP contribution is -2.04. The van der Waals surface area contributed by atoms with Crippen LogP contribution in [0.1, 0.15) is 23.0 Å². The summed E-state index contributed by atoms with van der Waals surface area (Å²) < 4.78 is 9.98. The third-order valence-corrected chi connectivity index (χ3v) is 2.10. The molecule has 0 fully saturated rings. The van der Waals surface area contributed by atoms with Crippen LogP contribution >= 0.6 is 0 Å². The lowest BCUT2D eigenvalue weighted by atomic mass is 10.3. The number of rotatable bonds is 3. The van der Waals surface area contributed by atoms with Crippen LogP contribution in [0.2, 0.25) is 0 Å². The van der Waals surface area contributed by atoms with E-state index in [4.69, 9.17) is 14.3 Å². The zero-order valence-electron chi connectivity index (χ0n) is 8.24. The largest absolute Gasteiger partial charge is 0.462 e. The number of H-pyrrole nitrogens is 1. The normalized spacial score (nSPS) is 10.8. The van der Waals surface area contributed by atoms with Crippen molar-refractivity contribution >= 4 is 17.1 Å². The molecule has 5 heteroatoms. The molecule has 0 amide bonds. The van der Waals surface area contributed by atoms with Crippen molar-refractivity contribution in [3.8, 4) is 0 Å². The molecule has 0 atom stereocenters. The lowest BCUT2D eigenvalue weighted by molar-refractivity contribution is 0.0520. The minimum absolute atomic E-state index is 0.129. The van der Waals surface area contributed by atoms with Gasteiger partial charge in [-0.3, -0.25) is 0 Å². The highest BCUT2D eigenvalue weighted by Crippen LogP contribution is 2.21. The summed E-state index contributed by atoms with van der Waals surface area (Å²) in [6.07, 6.45) is 1.45. The quantitative estimate of drug-likeness (QED) is 0.750. The summed E-state index contributed by atoms with van der Waals surface area (Å²) >= 11 is 0. The van der Waals surface area contributed by atoms with E-state index in [-0.39, 0.29) is 6.61 Å². The van der Waals surface area contributed by atoms with Gasteiger partial charge in [0.1, 0.15) is 5.69 Å². The van der Waals surface area contributed by atoms with E-state index in [0.29, 0.717) is 29.0 Å². The molecule has 0 spiro atoms. The Kier molecular flexibility index (Phi) is 2.47. The Morgan fingerprint density at radius 1 is 1.67 bits per heavy atom. The molecule has 2 aromatic heterocycles. The third kappa shape index (κ3) is 1.61. The zero-order chi connectivity index (χ0) is 10.8. The van der Waals surface area contributed by atoms with Gasteiger partial charge in [0.15, 0.2) is 5.58 Å². The summed E-state index contributed by atoms with van der Waals surface area (Å²) in [5, 5.41) is 8.98. The summed E-state index contributed by atoms with van der Waals surface area (Å²) in [5.74, 6) is -0.423. The lowest BCUT2D eigenvalue weighted by Gasteiger charge is -1.97. The van der Waals surface area contributed by atoms with E-state index in [1.807, 2.05) is 0 Å². The maximum Gasteiger partial charge on any atom is 0.354 e. The van der Waals surface area contributed by atoms with Crippen molar-refractivity contribution in [2.75, 3.05) is 6.61 Å². The molecule has 5 nitrogen and oxygen atoms in total. The van der Waals surface area contributed by atoms with Crippen LogP contribution in [0.4, 0.5) is 0 Å². The minimum atomic E-state index is -0.423. The highest BCUT2D eigenvalue weighted by Gasteiger charge is 2.14. The Morgan fingerprint density at radius 3 is 3.13 bits per heavy atom.